The van der Waals surface area contributed by atoms with Crippen molar-refractivity contribution in [2.24, 2.45) is 10.9 Å². The zero-order valence-corrected chi connectivity index (χ0v) is 20.1. The van der Waals surface area contributed by atoms with E-state index in [1.54, 1.807) is 25.3 Å². The number of thiazole rings is 1. The van der Waals surface area contributed by atoms with Gasteiger partial charge >= 0.3 is 6.18 Å². The summed E-state index contributed by atoms with van der Waals surface area (Å²) in [4.78, 5) is 13.7. The summed E-state index contributed by atoms with van der Waals surface area (Å²) in [6, 6.07) is 0. The van der Waals surface area contributed by atoms with Crippen LogP contribution in [0, 0.1) is 19.8 Å². The molecule has 2 heterocycles. The second-order valence-electron chi connectivity index (χ2n) is 7.01. The minimum Gasteiger partial charge on any atom is -0.356 e. The molecule has 0 spiro atoms. The highest BCUT2D eigenvalue weighted by Crippen LogP contribution is 2.21. The molecule has 0 amide bonds. The van der Waals surface area contributed by atoms with Crippen LogP contribution in [0.3, 0.4) is 0 Å². The molecule has 0 saturated carbocycles. The summed E-state index contributed by atoms with van der Waals surface area (Å²) in [7, 11) is 1.75. The first-order valence-corrected chi connectivity index (χ1v) is 10.2. The number of hydrogen-bond donors (Lipinski definition) is 1. The van der Waals surface area contributed by atoms with E-state index in [0.29, 0.717) is 13.1 Å². The van der Waals surface area contributed by atoms with Crippen molar-refractivity contribution in [3.8, 4) is 0 Å². The normalized spacial score (nSPS) is 17.9. The highest BCUT2D eigenvalue weighted by molar-refractivity contribution is 14.0. The third-order valence-corrected chi connectivity index (χ3v) is 5.93. The van der Waals surface area contributed by atoms with Crippen LogP contribution in [0.1, 0.15) is 28.9 Å². The van der Waals surface area contributed by atoms with Gasteiger partial charge in [0, 0.05) is 44.5 Å². The van der Waals surface area contributed by atoms with Gasteiger partial charge in [-0.1, -0.05) is 6.92 Å². The van der Waals surface area contributed by atoms with Gasteiger partial charge in [0.15, 0.2) is 5.96 Å². The molecule has 1 saturated heterocycles. The summed E-state index contributed by atoms with van der Waals surface area (Å²) in [5, 5.41) is 4.46. The molecule has 0 aliphatic carbocycles. The molecule has 10 heteroatoms. The molecule has 2 rings (SSSR count). The van der Waals surface area contributed by atoms with Crippen molar-refractivity contribution < 1.29 is 13.2 Å². The average molecular weight is 533 g/mol. The fourth-order valence-corrected chi connectivity index (χ4v) is 4.46. The van der Waals surface area contributed by atoms with E-state index in [9.17, 15) is 13.2 Å². The van der Waals surface area contributed by atoms with Crippen molar-refractivity contribution >= 4 is 41.3 Å². The number of aryl methyl sites for hydroxylation is 2. The molecule has 1 N–H and O–H groups in total. The van der Waals surface area contributed by atoms with Crippen molar-refractivity contribution in [3.63, 3.8) is 0 Å². The number of hydrogen-bond acceptors (Lipinski definition) is 4. The lowest BCUT2D eigenvalue weighted by Crippen LogP contribution is -2.42. The monoisotopic (exact) mass is 533 g/mol. The number of alkyl halides is 3. The van der Waals surface area contributed by atoms with Crippen molar-refractivity contribution in [1.29, 1.82) is 0 Å². The second kappa shape index (κ2) is 11.5. The van der Waals surface area contributed by atoms with E-state index in [4.69, 9.17) is 0 Å². The standard InChI is InChI=1S/C18H30F3N5S.HI/c1-5-25(12-18(19,20)21)10-15-7-9-26(11-15)17(22-4)23-8-6-16-13(2)24-14(3)27-16;/h15H,5-12H2,1-4H3,(H,22,23);1H. The predicted octanol–water partition coefficient (Wildman–Crippen LogP) is 3.70. The van der Waals surface area contributed by atoms with Gasteiger partial charge in [-0.25, -0.2) is 4.98 Å². The summed E-state index contributed by atoms with van der Waals surface area (Å²) in [6.07, 6.45) is -2.36. The number of rotatable bonds is 7. The van der Waals surface area contributed by atoms with Gasteiger partial charge in [-0.2, -0.15) is 13.2 Å². The Kier molecular flexibility index (Phi) is 10.5. The van der Waals surface area contributed by atoms with E-state index in [1.165, 1.54) is 9.78 Å². The summed E-state index contributed by atoms with van der Waals surface area (Å²) < 4.78 is 38.0. The van der Waals surface area contributed by atoms with Gasteiger partial charge in [0.1, 0.15) is 0 Å². The van der Waals surface area contributed by atoms with E-state index in [1.807, 2.05) is 13.8 Å². The lowest BCUT2D eigenvalue weighted by molar-refractivity contribution is -0.146. The van der Waals surface area contributed by atoms with Crippen molar-refractivity contribution in [3.05, 3.63) is 15.6 Å². The van der Waals surface area contributed by atoms with Crippen molar-refractivity contribution in [1.82, 2.24) is 20.1 Å². The maximum atomic E-state index is 12.7. The molecular formula is C18H31F3IN5S. The predicted molar refractivity (Wildman–Crippen MR) is 120 cm³/mol. The summed E-state index contributed by atoms with van der Waals surface area (Å²) in [6.45, 7) is 8.21. The largest absolute Gasteiger partial charge is 0.401 e. The zero-order valence-electron chi connectivity index (χ0n) is 17.0. The van der Waals surface area contributed by atoms with Crippen LogP contribution in [-0.2, 0) is 6.42 Å². The molecule has 1 aromatic heterocycles. The van der Waals surface area contributed by atoms with E-state index in [-0.39, 0.29) is 29.9 Å². The Bertz CT molecular complexity index is 635. The van der Waals surface area contributed by atoms with Gasteiger partial charge in [-0.15, -0.1) is 35.3 Å². The van der Waals surface area contributed by atoms with Crippen LogP contribution in [0.4, 0.5) is 13.2 Å². The van der Waals surface area contributed by atoms with Crippen LogP contribution in [0.25, 0.3) is 0 Å². The molecule has 28 heavy (non-hydrogen) atoms. The third kappa shape index (κ3) is 8.02. The number of nitrogens with zero attached hydrogens (tertiary/aromatic N) is 4. The van der Waals surface area contributed by atoms with Gasteiger partial charge in [0.05, 0.1) is 17.2 Å². The molecule has 1 atom stereocenters. The Morgan fingerprint density at radius 3 is 2.64 bits per heavy atom. The maximum absolute atomic E-state index is 12.7. The molecule has 1 unspecified atom stereocenters. The highest BCUT2D eigenvalue weighted by atomic mass is 127. The summed E-state index contributed by atoms with van der Waals surface area (Å²) in [5.74, 6) is 1.06. The van der Waals surface area contributed by atoms with E-state index in [2.05, 4.69) is 20.2 Å². The first-order chi connectivity index (χ1) is 12.7. The summed E-state index contributed by atoms with van der Waals surface area (Å²) >= 11 is 1.72. The Morgan fingerprint density at radius 1 is 1.39 bits per heavy atom. The molecule has 1 aromatic rings. The van der Waals surface area contributed by atoms with E-state index in [0.717, 1.165) is 49.1 Å². The van der Waals surface area contributed by atoms with Crippen LogP contribution >= 0.6 is 35.3 Å². The quantitative estimate of drug-likeness (QED) is 0.330. The molecule has 1 aliphatic heterocycles. The average Bonchev–Trinajstić information content (AvgIpc) is 3.16. The molecular weight excluding hydrogens is 502 g/mol. The molecule has 1 fully saturated rings. The van der Waals surface area contributed by atoms with Gasteiger partial charge in [0.2, 0.25) is 0 Å². The fourth-order valence-electron chi connectivity index (χ4n) is 3.52. The zero-order chi connectivity index (χ0) is 20.0. The Balaban J connectivity index is 0.00000392. The molecule has 5 nitrogen and oxygen atoms in total. The molecule has 0 aromatic carbocycles. The minimum absolute atomic E-state index is 0. The highest BCUT2D eigenvalue weighted by Gasteiger charge is 2.32. The molecule has 1 aliphatic rings. The van der Waals surface area contributed by atoms with E-state index >= 15 is 0 Å². The van der Waals surface area contributed by atoms with Crippen LogP contribution < -0.4 is 5.32 Å². The lowest BCUT2D eigenvalue weighted by Gasteiger charge is -2.26. The Morgan fingerprint density at radius 2 is 2.11 bits per heavy atom. The van der Waals surface area contributed by atoms with Crippen LogP contribution in [0.15, 0.2) is 4.99 Å². The van der Waals surface area contributed by atoms with Crippen LogP contribution in [0.5, 0.6) is 0 Å². The molecule has 0 radical (unpaired) electrons. The topological polar surface area (TPSA) is 43.8 Å². The maximum Gasteiger partial charge on any atom is 0.401 e. The minimum atomic E-state index is -4.14. The first-order valence-electron chi connectivity index (χ1n) is 9.39. The molecule has 162 valence electrons. The van der Waals surface area contributed by atoms with Crippen LogP contribution in [0.2, 0.25) is 0 Å². The van der Waals surface area contributed by atoms with Crippen molar-refractivity contribution in [2.45, 2.75) is 39.8 Å². The Hall–Kier alpha value is -0.620. The SMILES string of the molecule is CCN(CC1CCN(C(=NC)NCCc2sc(C)nc2C)C1)CC(F)(F)F.I. The molecule has 0 bridgehead atoms. The summed E-state index contributed by atoms with van der Waals surface area (Å²) in [5.41, 5.74) is 1.08. The lowest BCUT2D eigenvalue weighted by atomic mass is 10.1. The fraction of sp³-hybridized carbons (Fsp3) is 0.778. The number of aliphatic imine (C=N–C) groups is 1. The van der Waals surface area contributed by atoms with Gasteiger partial charge in [0.25, 0.3) is 0 Å². The van der Waals surface area contributed by atoms with Crippen molar-refractivity contribution in [2.75, 3.05) is 46.3 Å². The third-order valence-electron chi connectivity index (χ3n) is 4.80. The number of nitrogens with one attached hydrogen (secondary N) is 1. The van der Waals surface area contributed by atoms with E-state index < -0.39 is 12.7 Å². The number of halogens is 4. The number of likely N-dealkylation sites (tertiary alicyclic amines) is 1. The van der Waals surface area contributed by atoms with Gasteiger partial charge < -0.3 is 10.2 Å². The van der Waals surface area contributed by atoms with Gasteiger partial charge in [-0.3, -0.25) is 9.89 Å². The number of guanidine groups is 1. The van der Waals surface area contributed by atoms with Crippen LogP contribution in [-0.4, -0.2) is 73.2 Å². The smallest absolute Gasteiger partial charge is 0.356 e. The van der Waals surface area contributed by atoms with Gasteiger partial charge in [-0.05, 0) is 32.7 Å². The second-order valence-corrected chi connectivity index (χ2v) is 8.30. The Labute approximate surface area is 186 Å². The first kappa shape index (κ1) is 25.4. The number of aromatic nitrogens is 1.